The molecule has 1 aliphatic heterocycles. The van der Waals surface area contributed by atoms with Gasteiger partial charge in [0.25, 0.3) is 5.91 Å². The third-order valence-corrected chi connectivity index (χ3v) is 2.29. The Kier molecular flexibility index (Phi) is 1.93. The van der Waals surface area contributed by atoms with Crippen molar-refractivity contribution in [1.29, 1.82) is 0 Å². The number of para-hydroxylation sites is 1. The minimum atomic E-state index is -0.758. The average molecular weight is 192 g/mol. The van der Waals surface area contributed by atoms with E-state index < -0.39 is 5.66 Å². The van der Waals surface area contributed by atoms with Gasteiger partial charge in [-0.05, 0) is 19.1 Å². The first-order chi connectivity index (χ1) is 6.64. The van der Waals surface area contributed by atoms with Gasteiger partial charge < -0.3 is 15.7 Å². The Morgan fingerprint density at radius 2 is 2.07 bits per heavy atom. The molecule has 0 bridgehead atoms. The van der Waals surface area contributed by atoms with E-state index in [1.807, 2.05) is 18.2 Å². The molecule has 1 atom stereocenters. The zero-order valence-electron chi connectivity index (χ0n) is 7.87. The van der Waals surface area contributed by atoms with Crippen molar-refractivity contribution in [2.75, 3.05) is 11.9 Å². The number of carbonyl (C=O) groups is 1. The smallest absolute Gasteiger partial charge is 0.255 e. The van der Waals surface area contributed by atoms with Crippen LogP contribution in [-0.2, 0) is 0 Å². The molecule has 14 heavy (non-hydrogen) atoms. The molecule has 4 heteroatoms. The molecular weight excluding hydrogens is 180 g/mol. The maximum Gasteiger partial charge on any atom is 0.255 e. The van der Waals surface area contributed by atoms with Crippen molar-refractivity contribution in [1.82, 2.24) is 5.32 Å². The standard InChI is InChI=1S/C10H12N2O2/c1-10(6-13)11-8-5-3-2-4-7(8)9(14)12-10/h2-5,11,13H,6H2,1H3,(H,12,14). The second-order valence-corrected chi connectivity index (χ2v) is 3.61. The highest BCUT2D eigenvalue weighted by molar-refractivity contribution is 6.02. The zero-order chi connectivity index (χ0) is 10.2. The Morgan fingerprint density at radius 1 is 1.36 bits per heavy atom. The first-order valence-electron chi connectivity index (χ1n) is 4.45. The van der Waals surface area contributed by atoms with Crippen LogP contribution in [0.1, 0.15) is 17.3 Å². The van der Waals surface area contributed by atoms with Crippen LogP contribution in [0.4, 0.5) is 5.69 Å². The number of aliphatic hydroxyl groups excluding tert-OH is 1. The first kappa shape index (κ1) is 9.02. The Hall–Kier alpha value is -1.55. The van der Waals surface area contributed by atoms with E-state index in [2.05, 4.69) is 10.6 Å². The lowest BCUT2D eigenvalue weighted by Gasteiger charge is -2.35. The third-order valence-electron chi connectivity index (χ3n) is 2.29. The van der Waals surface area contributed by atoms with Crippen LogP contribution < -0.4 is 10.6 Å². The molecule has 1 aromatic rings. The lowest BCUT2D eigenvalue weighted by atomic mass is 10.0. The Morgan fingerprint density at radius 3 is 2.79 bits per heavy atom. The van der Waals surface area contributed by atoms with E-state index in [1.165, 1.54) is 0 Å². The van der Waals surface area contributed by atoms with Crippen molar-refractivity contribution < 1.29 is 9.90 Å². The normalized spacial score (nSPS) is 24.9. The minimum Gasteiger partial charge on any atom is -0.392 e. The third kappa shape index (κ3) is 1.33. The molecule has 1 heterocycles. The molecule has 0 saturated heterocycles. The van der Waals surface area contributed by atoms with Gasteiger partial charge in [-0.1, -0.05) is 12.1 Å². The molecule has 1 aromatic carbocycles. The highest BCUT2D eigenvalue weighted by atomic mass is 16.3. The predicted octanol–water partition coefficient (Wildman–Crippen LogP) is 0.550. The van der Waals surface area contributed by atoms with Crippen LogP contribution in [0.5, 0.6) is 0 Å². The fraction of sp³-hybridized carbons (Fsp3) is 0.300. The van der Waals surface area contributed by atoms with E-state index >= 15 is 0 Å². The summed E-state index contributed by atoms with van der Waals surface area (Å²) in [6, 6.07) is 7.22. The topological polar surface area (TPSA) is 61.4 Å². The van der Waals surface area contributed by atoms with Gasteiger partial charge in [0.15, 0.2) is 0 Å². The van der Waals surface area contributed by atoms with Crippen LogP contribution >= 0.6 is 0 Å². The quantitative estimate of drug-likeness (QED) is 0.609. The van der Waals surface area contributed by atoms with Crippen LogP contribution in [0.2, 0.25) is 0 Å². The Labute approximate surface area is 81.9 Å². The van der Waals surface area contributed by atoms with Gasteiger partial charge in [0.05, 0.1) is 12.2 Å². The summed E-state index contributed by atoms with van der Waals surface area (Å²) in [5.41, 5.74) is 0.608. The van der Waals surface area contributed by atoms with E-state index in [0.29, 0.717) is 5.56 Å². The van der Waals surface area contributed by atoms with Gasteiger partial charge >= 0.3 is 0 Å². The van der Waals surface area contributed by atoms with Gasteiger partial charge in [0, 0.05) is 5.69 Å². The number of aliphatic hydroxyl groups is 1. The summed E-state index contributed by atoms with van der Waals surface area (Å²) < 4.78 is 0. The van der Waals surface area contributed by atoms with Crippen molar-refractivity contribution in [3.63, 3.8) is 0 Å². The summed E-state index contributed by atoms with van der Waals surface area (Å²) in [6.07, 6.45) is 0. The number of hydrogen-bond donors (Lipinski definition) is 3. The maximum absolute atomic E-state index is 11.6. The molecule has 2 rings (SSSR count). The van der Waals surface area contributed by atoms with Gasteiger partial charge in [0.2, 0.25) is 0 Å². The number of rotatable bonds is 1. The minimum absolute atomic E-state index is 0.146. The summed E-state index contributed by atoms with van der Waals surface area (Å²) in [6.45, 7) is 1.59. The highest BCUT2D eigenvalue weighted by Gasteiger charge is 2.31. The summed E-state index contributed by atoms with van der Waals surface area (Å²) in [4.78, 5) is 11.6. The van der Waals surface area contributed by atoms with Crippen LogP contribution in [0.3, 0.4) is 0 Å². The van der Waals surface area contributed by atoms with E-state index in [4.69, 9.17) is 5.11 Å². The second kappa shape index (κ2) is 2.99. The van der Waals surface area contributed by atoms with Crippen LogP contribution in [0.25, 0.3) is 0 Å². The molecule has 3 N–H and O–H groups in total. The van der Waals surface area contributed by atoms with Gasteiger partial charge in [-0.25, -0.2) is 0 Å². The highest BCUT2D eigenvalue weighted by Crippen LogP contribution is 2.23. The zero-order valence-corrected chi connectivity index (χ0v) is 7.87. The Balaban J connectivity index is 2.43. The van der Waals surface area contributed by atoms with E-state index in [0.717, 1.165) is 5.69 Å². The molecule has 0 saturated carbocycles. The predicted molar refractivity (Wildman–Crippen MR) is 53.0 cm³/mol. The average Bonchev–Trinajstić information content (AvgIpc) is 2.18. The van der Waals surface area contributed by atoms with Crippen LogP contribution in [0, 0.1) is 0 Å². The number of benzene rings is 1. The molecule has 74 valence electrons. The lowest BCUT2D eigenvalue weighted by molar-refractivity contribution is 0.0863. The second-order valence-electron chi connectivity index (χ2n) is 3.61. The lowest BCUT2D eigenvalue weighted by Crippen LogP contribution is -2.57. The molecule has 1 amide bonds. The number of fused-ring (bicyclic) bond motifs is 1. The molecule has 0 radical (unpaired) electrons. The van der Waals surface area contributed by atoms with Crippen molar-refractivity contribution in [3.8, 4) is 0 Å². The molecule has 0 fully saturated rings. The van der Waals surface area contributed by atoms with Gasteiger partial charge in [-0.15, -0.1) is 0 Å². The van der Waals surface area contributed by atoms with Gasteiger partial charge in [0.1, 0.15) is 5.66 Å². The number of anilines is 1. The van der Waals surface area contributed by atoms with Crippen LogP contribution in [-0.4, -0.2) is 23.3 Å². The number of carbonyl (C=O) groups excluding carboxylic acids is 1. The summed E-state index contributed by atoms with van der Waals surface area (Å²) in [5, 5.41) is 14.9. The molecule has 1 aliphatic rings. The SMILES string of the molecule is CC1(CO)NC(=O)c2ccccc2N1. The summed E-state index contributed by atoms with van der Waals surface area (Å²) in [5.74, 6) is -0.157. The van der Waals surface area contributed by atoms with Crippen LogP contribution in [0.15, 0.2) is 24.3 Å². The summed E-state index contributed by atoms with van der Waals surface area (Å²) >= 11 is 0. The summed E-state index contributed by atoms with van der Waals surface area (Å²) in [7, 11) is 0. The van der Waals surface area contributed by atoms with Crippen molar-refractivity contribution in [2.24, 2.45) is 0 Å². The molecule has 0 spiro atoms. The number of amides is 1. The largest absolute Gasteiger partial charge is 0.392 e. The van der Waals surface area contributed by atoms with Crippen molar-refractivity contribution >= 4 is 11.6 Å². The monoisotopic (exact) mass is 192 g/mol. The molecular formula is C10H12N2O2. The van der Waals surface area contributed by atoms with Crippen molar-refractivity contribution in [3.05, 3.63) is 29.8 Å². The first-order valence-corrected chi connectivity index (χ1v) is 4.45. The number of nitrogens with one attached hydrogen (secondary N) is 2. The van der Waals surface area contributed by atoms with E-state index in [1.54, 1.807) is 13.0 Å². The van der Waals surface area contributed by atoms with Gasteiger partial charge in [-0.3, -0.25) is 4.79 Å². The van der Waals surface area contributed by atoms with Crippen molar-refractivity contribution in [2.45, 2.75) is 12.6 Å². The molecule has 4 nitrogen and oxygen atoms in total. The fourth-order valence-electron chi connectivity index (χ4n) is 1.52. The molecule has 0 aliphatic carbocycles. The Bertz CT molecular complexity index is 378. The fourth-order valence-corrected chi connectivity index (χ4v) is 1.52. The molecule has 0 aromatic heterocycles. The van der Waals surface area contributed by atoms with E-state index in [-0.39, 0.29) is 12.5 Å². The number of hydrogen-bond acceptors (Lipinski definition) is 3. The maximum atomic E-state index is 11.6. The van der Waals surface area contributed by atoms with E-state index in [9.17, 15) is 4.79 Å². The molecule has 1 unspecified atom stereocenters. The van der Waals surface area contributed by atoms with Gasteiger partial charge in [-0.2, -0.15) is 0 Å².